The van der Waals surface area contributed by atoms with Crippen LogP contribution in [0.2, 0.25) is 0 Å². The topological polar surface area (TPSA) is 75.7 Å². The summed E-state index contributed by atoms with van der Waals surface area (Å²) in [5.41, 5.74) is -0.679. The molecule has 0 saturated carbocycles. The molecule has 4 atom stereocenters. The van der Waals surface area contributed by atoms with Crippen molar-refractivity contribution in [1.29, 1.82) is 0 Å². The molecule has 0 radical (unpaired) electrons. The molecule has 0 spiro atoms. The summed E-state index contributed by atoms with van der Waals surface area (Å²) in [5, 5.41) is 3.33. The number of fused-ring (bicyclic) bond motifs is 1. The van der Waals surface area contributed by atoms with Gasteiger partial charge in [-0.1, -0.05) is 30.3 Å². The molecular formula is C18H22N2O4S. The van der Waals surface area contributed by atoms with Crippen molar-refractivity contribution in [3.63, 3.8) is 0 Å². The first-order chi connectivity index (χ1) is 12.0. The fourth-order valence-electron chi connectivity index (χ4n) is 4.09. The zero-order valence-corrected chi connectivity index (χ0v) is 15.3. The molecule has 7 heteroatoms. The maximum atomic E-state index is 12.9. The van der Waals surface area contributed by atoms with Crippen LogP contribution in [0.3, 0.4) is 0 Å². The molecule has 0 aliphatic carbocycles. The van der Waals surface area contributed by atoms with E-state index in [9.17, 15) is 14.4 Å². The largest absolute Gasteiger partial charge is 0.467 e. The molecule has 1 aromatic rings. The monoisotopic (exact) mass is 362 g/mol. The van der Waals surface area contributed by atoms with Gasteiger partial charge in [-0.25, -0.2) is 4.79 Å². The number of carbonyl (C=O) groups is 3. The second-order valence-electron chi connectivity index (χ2n) is 6.44. The highest BCUT2D eigenvalue weighted by atomic mass is 32.2. The first kappa shape index (κ1) is 17.9. The van der Waals surface area contributed by atoms with Crippen LogP contribution in [0.4, 0.5) is 0 Å². The van der Waals surface area contributed by atoms with Crippen LogP contribution in [0.15, 0.2) is 30.3 Å². The molecule has 0 unspecified atom stereocenters. The van der Waals surface area contributed by atoms with E-state index in [-0.39, 0.29) is 17.9 Å². The minimum Gasteiger partial charge on any atom is -0.467 e. The number of nitrogens with zero attached hydrogens (tertiary/aromatic N) is 1. The molecule has 134 valence electrons. The number of carbonyl (C=O) groups excluding carboxylic acids is 3. The number of methoxy groups -OCH3 is 1. The Hall–Kier alpha value is -1.86. The van der Waals surface area contributed by atoms with Gasteiger partial charge in [-0.3, -0.25) is 19.8 Å². The fraction of sp³-hybridized carbons (Fsp3) is 0.500. The van der Waals surface area contributed by atoms with E-state index in [0.29, 0.717) is 12.0 Å². The summed E-state index contributed by atoms with van der Waals surface area (Å²) in [5.74, 6) is -1.59. The van der Waals surface area contributed by atoms with Gasteiger partial charge in [0.05, 0.1) is 18.9 Å². The van der Waals surface area contributed by atoms with Crippen molar-refractivity contribution in [2.75, 3.05) is 26.2 Å². The SMILES string of the molecule is COC(=O)[C@]1(c2ccccc2)N[C@H](CCSC)[C@@H]2C(=O)N(C)C(=O)[C@@H]21. The van der Waals surface area contributed by atoms with Crippen molar-refractivity contribution < 1.29 is 19.1 Å². The lowest BCUT2D eigenvalue weighted by molar-refractivity contribution is -0.154. The normalized spacial score (nSPS) is 31.3. The highest BCUT2D eigenvalue weighted by Gasteiger charge is 2.68. The summed E-state index contributed by atoms with van der Waals surface area (Å²) in [7, 11) is 2.80. The van der Waals surface area contributed by atoms with Crippen LogP contribution in [-0.2, 0) is 24.7 Å². The van der Waals surface area contributed by atoms with Crippen LogP contribution < -0.4 is 5.32 Å². The summed E-state index contributed by atoms with van der Waals surface area (Å²) >= 11 is 1.67. The molecule has 1 aromatic carbocycles. The van der Waals surface area contributed by atoms with E-state index < -0.39 is 23.3 Å². The Bertz CT molecular complexity index is 696. The molecule has 0 bridgehead atoms. The van der Waals surface area contributed by atoms with E-state index in [4.69, 9.17) is 4.74 Å². The number of ether oxygens (including phenoxy) is 1. The van der Waals surface area contributed by atoms with Gasteiger partial charge in [0.1, 0.15) is 0 Å². The molecule has 2 heterocycles. The number of benzene rings is 1. The minimum atomic E-state index is -1.33. The van der Waals surface area contributed by atoms with Crippen LogP contribution in [0.5, 0.6) is 0 Å². The fourth-order valence-corrected chi connectivity index (χ4v) is 4.58. The number of thioether (sulfide) groups is 1. The van der Waals surface area contributed by atoms with Crippen molar-refractivity contribution in [2.24, 2.45) is 11.8 Å². The van der Waals surface area contributed by atoms with Gasteiger partial charge in [0, 0.05) is 13.1 Å². The summed E-state index contributed by atoms with van der Waals surface area (Å²) in [4.78, 5) is 39.6. The van der Waals surface area contributed by atoms with Crippen molar-refractivity contribution in [1.82, 2.24) is 10.2 Å². The van der Waals surface area contributed by atoms with Crippen molar-refractivity contribution >= 4 is 29.5 Å². The van der Waals surface area contributed by atoms with Crippen LogP contribution in [-0.4, -0.2) is 54.9 Å². The third kappa shape index (κ3) is 2.57. The number of likely N-dealkylation sites (tertiary alicyclic amines) is 1. The molecule has 2 saturated heterocycles. The second-order valence-corrected chi connectivity index (χ2v) is 7.42. The lowest BCUT2D eigenvalue weighted by Crippen LogP contribution is -2.54. The van der Waals surface area contributed by atoms with Crippen LogP contribution in [0.1, 0.15) is 12.0 Å². The average Bonchev–Trinajstić information content (AvgIpc) is 3.10. The Morgan fingerprint density at radius 2 is 1.96 bits per heavy atom. The van der Waals surface area contributed by atoms with Gasteiger partial charge in [0.15, 0.2) is 5.54 Å². The molecular weight excluding hydrogens is 340 g/mol. The number of hydrogen-bond donors (Lipinski definition) is 1. The van der Waals surface area contributed by atoms with E-state index in [1.165, 1.54) is 14.2 Å². The van der Waals surface area contributed by atoms with Crippen LogP contribution >= 0.6 is 11.8 Å². The first-order valence-electron chi connectivity index (χ1n) is 8.21. The van der Waals surface area contributed by atoms with E-state index >= 15 is 0 Å². The van der Waals surface area contributed by atoms with Gasteiger partial charge in [0.25, 0.3) is 0 Å². The summed E-state index contributed by atoms with van der Waals surface area (Å²) in [6.45, 7) is 0. The van der Waals surface area contributed by atoms with Crippen molar-refractivity contribution in [3.05, 3.63) is 35.9 Å². The third-order valence-corrected chi connectivity index (χ3v) is 5.90. The standard InChI is InChI=1S/C18H22N2O4S/c1-20-15(21)13-12(9-10-25-3)19-18(17(23)24-2,14(13)16(20)22)11-7-5-4-6-8-11/h4-8,12-14,19H,9-10H2,1-3H3/t12-,13+,14-,18-/m1/s1. The smallest absolute Gasteiger partial charge is 0.331 e. The number of hydrogen-bond acceptors (Lipinski definition) is 6. The third-order valence-electron chi connectivity index (χ3n) is 5.25. The van der Waals surface area contributed by atoms with Gasteiger partial charge in [-0.2, -0.15) is 11.8 Å². The van der Waals surface area contributed by atoms with Crippen molar-refractivity contribution in [3.8, 4) is 0 Å². The molecule has 2 amide bonds. The Balaban J connectivity index is 2.15. The molecule has 2 aliphatic heterocycles. The van der Waals surface area contributed by atoms with Gasteiger partial charge >= 0.3 is 5.97 Å². The molecule has 1 N–H and O–H groups in total. The second kappa shape index (κ2) is 6.80. The molecule has 25 heavy (non-hydrogen) atoms. The predicted octanol–water partition coefficient (Wildman–Crippen LogP) is 1.01. The van der Waals surface area contributed by atoms with Gasteiger partial charge in [-0.05, 0) is 24.0 Å². The van der Waals surface area contributed by atoms with E-state index in [1.807, 2.05) is 24.5 Å². The average molecular weight is 362 g/mol. The predicted molar refractivity (Wildman–Crippen MR) is 94.8 cm³/mol. The Kier molecular flexibility index (Phi) is 4.88. The highest BCUT2D eigenvalue weighted by molar-refractivity contribution is 7.98. The maximum Gasteiger partial charge on any atom is 0.331 e. The number of nitrogens with one attached hydrogen (secondary N) is 1. The zero-order valence-electron chi connectivity index (χ0n) is 14.5. The van der Waals surface area contributed by atoms with Crippen molar-refractivity contribution in [2.45, 2.75) is 18.0 Å². The molecule has 2 fully saturated rings. The number of imide groups is 1. The van der Waals surface area contributed by atoms with Gasteiger partial charge < -0.3 is 4.74 Å². The van der Waals surface area contributed by atoms with E-state index in [1.54, 1.807) is 23.9 Å². The number of esters is 1. The molecule has 6 nitrogen and oxygen atoms in total. The summed E-state index contributed by atoms with van der Waals surface area (Å²) in [6.07, 6.45) is 2.69. The zero-order chi connectivity index (χ0) is 18.2. The minimum absolute atomic E-state index is 0.227. The van der Waals surface area contributed by atoms with Crippen LogP contribution in [0, 0.1) is 11.8 Å². The Morgan fingerprint density at radius 1 is 1.28 bits per heavy atom. The highest BCUT2D eigenvalue weighted by Crippen LogP contribution is 2.49. The van der Waals surface area contributed by atoms with Crippen LogP contribution in [0.25, 0.3) is 0 Å². The van der Waals surface area contributed by atoms with Gasteiger partial charge in [0.2, 0.25) is 11.8 Å². The molecule has 3 rings (SSSR count). The molecule has 2 aliphatic rings. The molecule has 0 aromatic heterocycles. The Morgan fingerprint density at radius 3 is 2.56 bits per heavy atom. The van der Waals surface area contributed by atoms with E-state index in [0.717, 1.165) is 10.7 Å². The quantitative estimate of drug-likeness (QED) is 0.622. The van der Waals surface area contributed by atoms with Gasteiger partial charge in [-0.15, -0.1) is 0 Å². The van der Waals surface area contributed by atoms with E-state index in [2.05, 4.69) is 5.32 Å². The number of amides is 2. The lowest BCUT2D eigenvalue weighted by Gasteiger charge is -2.32. The number of rotatable bonds is 5. The maximum absolute atomic E-state index is 12.9. The first-order valence-corrected chi connectivity index (χ1v) is 9.60. The Labute approximate surface area is 151 Å². The summed E-state index contributed by atoms with van der Waals surface area (Å²) in [6, 6.07) is 8.83. The summed E-state index contributed by atoms with van der Waals surface area (Å²) < 4.78 is 5.08. The lowest BCUT2D eigenvalue weighted by atomic mass is 9.75.